The van der Waals surface area contributed by atoms with Crippen molar-refractivity contribution in [1.29, 1.82) is 0 Å². The summed E-state index contributed by atoms with van der Waals surface area (Å²) in [5.74, 6) is -5.13. The Kier molecular flexibility index (Phi) is 48.2. The quantitative estimate of drug-likeness (QED) is 0.0228. The van der Waals surface area contributed by atoms with Gasteiger partial charge in [0.2, 0.25) is 5.41 Å². The first kappa shape index (κ1) is 76.2. The highest BCUT2D eigenvalue weighted by Gasteiger charge is 2.43. The Labute approximate surface area is 415 Å². The van der Waals surface area contributed by atoms with Crippen molar-refractivity contribution in [1.82, 2.24) is 0 Å². The molecule has 0 radical (unpaired) electrons. The molecular formula is C48H75O23+. The molecule has 0 rings (SSSR count). The molecule has 71 heavy (non-hydrogen) atoms. The third-order valence-electron chi connectivity index (χ3n) is 8.88. The van der Waals surface area contributed by atoms with Crippen LogP contribution in [-0.4, -0.2) is 168 Å². The Balaban J connectivity index is -0.000000191. The van der Waals surface area contributed by atoms with Gasteiger partial charge in [-0.3, -0.25) is 59.7 Å². The number of Topliss-reactive ketones (excluding diaryl/α,β-unsaturated/α-hetero) is 8. The Morgan fingerprint density at radius 3 is 0.859 bits per heavy atom. The monoisotopic (exact) mass is 1020 g/mol. The number of rotatable bonds is 29. The molecule has 0 aliphatic rings. The van der Waals surface area contributed by atoms with Crippen LogP contribution >= 0.6 is 0 Å². The molecule has 404 valence electrons. The lowest BCUT2D eigenvalue weighted by atomic mass is 9.73. The Hall–Kier alpha value is -6.27. The molecule has 5 N–H and O–H groups in total. The average Bonchev–Trinajstić information content (AvgIpc) is 3.29. The van der Waals surface area contributed by atoms with Crippen LogP contribution in [0.15, 0.2) is 25.3 Å². The van der Waals surface area contributed by atoms with Gasteiger partial charge in [0.25, 0.3) is 0 Å². The summed E-state index contributed by atoms with van der Waals surface area (Å²) in [6, 6.07) is 0. The van der Waals surface area contributed by atoms with Gasteiger partial charge in [0.15, 0.2) is 23.1 Å². The van der Waals surface area contributed by atoms with Crippen molar-refractivity contribution in [3.63, 3.8) is 0 Å². The maximum Gasteiger partial charge on any atom is 0.330 e. The molecule has 0 aliphatic carbocycles. The number of esters is 5. The summed E-state index contributed by atoms with van der Waals surface area (Å²) in [4.78, 5) is 142. The fourth-order valence-electron chi connectivity index (χ4n) is 4.33. The number of carbonyl (C=O) groups excluding carboxylic acids is 13. The fourth-order valence-corrected chi connectivity index (χ4v) is 4.33. The molecule has 0 saturated heterocycles. The molecule has 0 aliphatic heterocycles. The lowest BCUT2D eigenvalue weighted by Crippen LogP contribution is -2.38. The zero-order valence-corrected chi connectivity index (χ0v) is 42.3. The predicted molar refractivity (Wildman–Crippen MR) is 252 cm³/mol. The van der Waals surface area contributed by atoms with E-state index in [1.165, 1.54) is 55.4 Å². The van der Waals surface area contributed by atoms with Crippen LogP contribution in [0.3, 0.4) is 0 Å². The predicted octanol–water partition coefficient (Wildman–Crippen LogP) is 0.872. The molecule has 0 atom stereocenters. The van der Waals surface area contributed by atoms with Crippen molar-refractivity contribution >= 4 is 76.1 Å². The second-order valence-corrected chi connectivity index (χ2v) is 14.7. The summed E-state index contributed by atoms with van der Waals surface area (Å²) in [5, 5.41) is 41.8. The first-order valence-corrected chi connectivity index (χ1v) is 21.5. The van der Waals surface area contributed by atoms with Crippen molar-refractivity contribution in [2.45, 2.75) is 100 Å². The molecule has 0 saturated carbocycles. The number of hydrogen-bond donors (Lipinski definition) is 5. The molecule has 0 bridgehead atoms. The van der Waals surface area contributed by atoms with Crippen molar-refractivity contribution in [3.8, 4) is 0 Å². The van der Waals surface area contributed by atoms with Crippen LogP contribution in [-0.2, 0) is 86.0 Å². The van der Waals surface area contributed by atoms with Gasteiger partial charge >= 0.3 is 29.8 Å². The van der Waals surface area contributed by atoms with E-state index in [0.717, 1.165) is 12.2 Å². The van der Waals surface area contributed by atoms with Crippen molar-refractivity contribution < 1.29 is 112 Å². The molecule has 0 unspecified atom stereocenters. The summed E-state index contributed by atoms with van der Waals surface area (Å²) >= 11 is 0. The summed E-state index contributed by atoms with van der Waals surface area (Å²) in [6.45, 7) is 25.6. The number of carbonyl (C=O) groups is 13. The van der Waals surface area contributed by atoms with Crippen LogP contribution in [0.4, 0.5) is 0 Å². The lowest BCUT2D eigenvalue weighted by Gasteiger charge is -2.28. The van der Waals surface area contributed by atoms with E-state index < -0.39 is 57.7 Å². The highest BCUT2D eigenvalue weighted by atomic mass is 16.6. The largest absolute Gasteiger partial charge is 0.463 e. The molecule has 0 amide bonds. The molecule has 0 aromatic rings. The molecule has 0 fully saturated rings. The summed E-state index contributed by atoms with van der Waals surface area (Å²) < 4.78 is 22.7. The topological polar surface area (TPSA) is 369 Å². The number of aliphatic hydroxyl groups excluding tert-OH is 5. The number of aliphatic hydroxyl groups is 5. The van der Waals surface area contributed by atoms with E-state index >= 15 is 0 Å². The molecular weight excluding hydrogens is 945 g/mol. The van der Waals surface area contributed by atoms with E-state index in [4.69, 9.17) is 35.0 Å². The number of ketones is 8. The standard InChI is InChI=1S/C15H24O8.C11H17O5.C7H10O2.2C5H8O3.C5H8O2/c1-11(18)15(12(2)19,5-3-13(20)22-9-7-16)6-4-14(21)23-10-8-17;1-8(13)11(3,9(2)14)5-4-10(15)16-7-6-12;1-5(8)7(3,4)6(2)9;2*1-2-5(7)8-4-3-6;1-4(6)3-5(2)7/h16-17H,3-10H2,1-2H3;12H,3-7H2,1-2H3;3-4H2,1-2H3;2*2,6H,1,3-4H2;3H2,1-2H3/q;+1;;;;. The maximum absolute atomic E-state index is 12.0. The van der Waals surface area contributed by atoms with Gasteiger partial charge < -0.3 is 49.2 Å². The molecule has 0 aromatic carbocycles. The van der Waals surface area contributed by atoms with E-state index in [2.05, 4.69) is 48.1 Å². The van der Waals surface area contributed by atoms with Gasteiger partial charge in [0.1, 0.15) is 61.6 Å². The van der Waals surface area contributed by atoms with Gasteiger partial charge in [-0.05, 0) is 68.2 Å². The van der Waals surface area contributed by atoms with Crippen molar-refractivity contribution in [2.24, 2.45) is 16.2 Å². The van der Waals surface area contributed by atoms with Crippen LogP contribution in [0.2, 0.25) is 0 Å². The van der Waals surface area contributed by atoms with E-state index in [9.17, 15) is 62.3 Å². The smallest absolute Gasteiger partial charge is 0.330 e. The third kappa shape index (κ3) is 42.3. The van der Waals surface area contributed by atoms with Gasteiger partial charge in [-0.15, -0.1) is 0 Å². The Morgan fingerprint density at radius 1 is 0.437 bits per heavy atom. The van der Waals surface area contributed by atoms with Crippen molar-refractivity contribution in [3.05, 3.63) is 46.1 Å². The molecule has 23 heteroatoms. The molecule has 0 heterocycles. The van der Waals surface area contributed by atoms with E-state index in [1.807, 2.05) is 0 Å². The van der Waals surface area contributed by atoms with Crippen molar-refractivity contribution in [2.75, 3.05) is 66.1 Å². The van der Waals surface area contributed by atoms with Gasteiger partial charge in [-0.25, -0.2) is 9.59 Å². The molecule has 0 spiro atoms. The van der Waals surface area contributed by atoms with Gasteiger partial charge in [-0.2, -0.15) is 0 Å². The molecule has 0 aromatic heterocycles. The lowest BCUT2D eigenvalue weighted by molar-refractivity contribution is -0.149. The van der Waals surface area contributed by atoms with E-state index in [1.54, 1.807) is 0 Å². The molecule has 23 nitrogen and oxygen atoms in total. The highest BCUT2D eigenvalue weighted by molar-refractivity contribution is 6.07. The summed E-state index contributed by atoms with van der Waals surface area (Å²) in [5.41, 5.74) is -4.09. The second-order valence-electron chi connectivity index (χ2n) is 14.7. The average molecular weight is 1020 g/mol. The van der Waals surface area contributed by atoms with Gasteiger partial charge in [0.05, 0.1) is 65.1 Å². The third-order valence-corrected chi connectivity index (χ3v) is 8.88. The van der Waals surface area contributed by atoms with Crippen LogP contribution in [0.25, 0.3) is 0 Å². The van der Waals surface area contributed by atoms with Crippen LogP contribution in [0, 0.1) is 37.0 Å². The highest BCUT2D eigenvalue weighted by Crippen LogP contribution is 2.33. The Bertz CT molecular complexity index is 1620. The first-order valence-electron chi connectivity index (χ1n) is 21.5. The van der Waals surface area contributed by atoms with E-state index in [0.29, 0.717) is 0 Å². The zero-order chi connectivity index (χ0) is 57.0. The fraction of sp³-hybridized carbons (Fsp3) is 0.583. The summed E-state index contributed by atoms with van der Waals surface area (Å²) in [7, 11) is 0. The van der Waals surface area contributed by atoms with Crippen LogP contribution in [0.1, 0.15) is 100 Å². The maximum atomic E-state index is 12.0. The summed E-state index contributed by atoms with van der Waals surface area (Å²) in [6.07, 6.45) is 1.65. The SMILES string of the molecule is C=CC(=O)OCCO.C=CC(=O)OCCO.CC(=O)C(CCC(=O)OCCO)(CCC(=O)OCCO)C(C)=O.CC(=O)CC(C)=O.[CH2+]C(CCC(=O)OCCO)(C(C)=O)C(C)=O.[CH2+]C([CH2-])(C(C)=O)C(C)=O. The number of ether oxygens (including phenoxy) is 5. The minimum absolute atomic E-state index is 0.0297. The normalized spacial score (nSPS) is 10.1. The van der Waals surface area contributed by atoms with Crippen LogP contribution < -0.4 is 0 Å². The Morgan fingerprint density at radius 2 is 0.690 bits per heavy atom. The second kappa shape index (κ2) is 44.9. The van der Waals surface area contributed by atoms with E-state index in [-0.39, 0.29) is 146 Å². The van der Waals surface area contributed by atoms with Crippen LogP contribution in [0.5, 0.6) is 0 Å². The van der Waals surface area contributed by atoms with Gasteiger partial charge in [0, 0.05) is 31.4 Å². The zero-order valence-electron chi connectivity index (χ0n) is 42.3. The van der Waals surface area contributed by atoms with Gasteiger partial charge in [-0.1, -0.05) is 13.2 Å². The number of hydrogen-bond acceptors (Lipinski definition) is 23. The first-order chi connectivity index (χ1) is 32.8. The minimum Gasteiger partial charge on any atom is -0.463 e. The minimum atomic E-state index is -1.45.